The van der Waals surface area contributed by atoms with Crippen LogP contribution in [0.2, 0.25) is 0 Å². The fraction of sp³-hybridized carbons (Fsp3) is 0.650. The van der Waals surface area contributed by atoms with Gasteiger partial charge in [-0.3, -0.25) is 4.68 Å². The molecular weight excluding hydrogens is 340 g/mol. The molecule has 1 atom stereocenters. The van der Waals surface area contributed by atoms with E-state index in [9.17, 15) is 5.11 Å². The molecule has 1 aliphatic carbocycles. The SMILES string of the molecule is Cn1cc(CN[C@H]2CC(C)(C)Cc3nc(N4CCC(O)CC4)ncc32)cn1. The highest BCUT2D eigenvalue weighted by Gasteiger charge is 2.34. The first kappa shape index (κ1) is 18.4. The van der Waals surface area contributed by atoms with Crippen LogP contribution in [-0.2, 0) is 20.0 Å². The van der Waals surface area contributed by atoms with E-state index >= 15 is 0 Å². The fourth-order valence-corrected chi connectivity index (χ4v) is 4.24. The third kappa shape index (κ3) is 4.14. The lowest BCUT2D eigenvalue weighted by Crippen LogP contribution is -2.38. The maximum atomic E-state index is 9.74. The number of aliphatic hydroxyl groups excluding tert-OH is 1. The summed E-state index contributed by atoms with van der Waals surface area (Å²) in [6, 6.07) is 0.251. The maximum absolute atomic E-state index is 9.74. The van der Waals surface area contributed by atoms with Crippen molar-refractivity contribution in [2.24, 2.45) is 12.5 Å². The molecule has 7 heteroatoms. The molecule has 0 unspecified atom stereocenters. The molecule has 4 rings (SSSR count). The van der Waals surface area contributed by atoms with Crippen molar-refractivity contribution >= 4 is 5.95 Å². The normalized spacial score (nSPS) is 22.7. The van der Waals surface area contributed by atoms with E-state index < -0.39 is 0 Å². The van der Waals surface area contributed by atoms with Crippen LogP contribution in [0.15, 0.2) is 18.6 Å². The summed E-state index contributed by atoms with van der Waals surface area (Å²) >= 11 is 0. The van der Waals surface area contributed by atoms with Gasteiger partial charge in [-0.15, -0.1) is 0 Å². The summed E-state index contributed by atoms with van der Waals surface area (Å²) in [5, 5.41) is 17.7. The van der Waals surface area contributed by atoms with Gasteiger partial charge in [0.25, 0.3) is 0 Å². The van der Waals surface area contributed by atoms with E-state index in [0.29, 0.717) is 0 Å². The topological polar surface area (TPSA) is 79.1 Å². The Kier molecular flexibility index (Phi) is 4.90. The van der Waals surface area contributed by atoms with Gasteiger partial charge in [-0.25, -0.2) is 9.97 Å². The Morgan fingerprint density at radius 2 is 2.04 bits per heavy atom. The van der Waals surface area contributed by atoms with Crippen molar-refractivity contribution in [3.05, 3.63) is 35.4 Å². The van der Waals surface area contributed by atoms with Gasteiger partial charge in [-0.05, 0) is 31.1 Å². The summed E-state index contributed by atoms with van der Waals surface area (Å²) in [6.45, 7) is 7.07. The molecule has 1 fully saturated rings. The highest BCUT2D eigenvalue weighted by molar-refractivity contribution is 5.37. The van der Waals surface area contributed by atoms with Crippen molar-refractivity contribution in [2.45, 2.75) is 58.2 Å². The van der Waals surface area contributed by atoms with Crippen molar-refractivity contribution in [3.8, 4) is 0 Å². The Balaban J connectivity index is 1.53. The van der Waals surface area contributed by atoms with Crippen molar-refractivity contribution in [1.29, 1.82) is 0 Å². The Bertz CT molecular complexity index is 794. The molecule has 0 spiro atoms. The largest absolute Gasteiger partial charge is 0.393 e. The van der Waals surface area contributed by atoms with Crippen LogP contribution >= 0.6 is 0 Å². The van der Waals surface area contributed by atoms with Gasteiger partial charge in [-0.2, -0.15) is 5.10 Å². The lowest BCUT2D eigenvalue weighted by Gasteiger charge is -2.37. The van der Waals surface area contributed by atoms with Crippen LogP contribution < -0.4 is 10.2 Å². The first-order valence-corrected chi connectivity index (χ1v) is 9.89. The third-order valence-corrected chi connectivity index (χ3v) is 5.72. The quantitative estimate of drug-likeness (QED) is 0.857. The molecule has 0 amide bonds. The van der Waals surface area contributed by atoms with E-state index in [4.69, 9.17) is 4.98 Å². The standard InChI is InChI=1S/C20H30N6O/c1-20(2)8-17(21-10-14-11-23-25(3)13-14)16-12-22-19(24-18(16)9-20)26-6-4-15(27)5-7-26/h11-13,15,17,21,27H,4-10H2,1-3H3/t17-/m0/s1. The predicted octanol–water partition coefficient (Wildman–Crippen LogP) is 1.97. The first-order valence-electron chi connectivity index (χ1n) is 9.89. The van der Waals surface area contributed by atoms with E-state index in [-0.39, 0.29) is 17.6 Å². The van der Waals surface area contributed by atoms with Crippen molar-refractivity contribution in [1.82, 2.24) is 25.1 Å². The van der Waals surface area contributed by atoms with E-state index in [1.165, 1.54) is 11.1 Å². The Hall–Kier alpha value is -1.99. The molecule has 0 aromatic carbocycles. The average Bonchev–Trinajstić information content (AvgIpc) is 3.04. The van der Waals surface area contributed by atoms with Gasteiger partial charge in [0.05, 0.1) is 18.0 Å². The molecule has 146 valence electrons. The number of hydrogen-bond acceptors (Lipinski definition) is 6. The number of hydrogen-bond donors (Lipinski definition) is 2. The fourth-order valence-electron chi connectivity index (χ4n) is 4.24. The second-order valence-corrected chi connectivity index (χ2v) is 8.79. The highest BCUT2D eigenvalue weighted by atomic mass is 16.3. The van der Waals surface area contributed by atoms with Gasteiger partial charge < -0.3 is 15.3 Å². The monoisotopic (exact) mass is 370 g/mol. The van der Waals surface area contributed by atoms with Gasteiger partial charge in [0.1, 0.15) is 0 Å². The number of aliphatic hydroxyl groups is 1. The Labute approximate surface area is 160 Å². The number of nitrogens with one attached hydrogen (secondary N) is 1. The number of piperidine rings is 1. The van der Waals surface area contributed by atoms with Crippen LogP contribution in [0.3, 0.4) is 0 Å². The second-order valence-electron chi connectivity index (χ2n) is 8.79. The van der Waals surface area contributed by atoms with Crippen LogP contribution in [0, 0.1) is 5.41 Å². The molecule has 2 aliphatic rings. The molecule has 2 aromatic heterocycles. The van der Waals surface area contributed by atoms with Gasteiger partial charge in [0.2, 0.25) is 5.95 Å². The molecule has 0 radical (unpaired) electrons. The van der Waals surface area contributed by atoms with Crippen LogP contribution in [-0.4, -0.2) is 44.0 Å². The molecule has 3 heterocycles. The predicted molar refractivity (Wildman–Crippen MR) is 104 cm³/mol. The first-order chi connectivity index (χ1) is 12.9. The second kappa shape index (κ2) is 7.20. The summed E-state index contributed by atoms with van der Waals surface area (Å²) in [4.78, 5) is 11.8. The smallest absolute Gasteiger partial charge is 0.225 e. The van der Waals surface area contributed by atoms with Crippen LogP contribution in [0.1, 0.15) is 56.0 Å². The number of fused-ring (bicyclic) bond motifs is 1. The highest BCUT2D eigenvalue weighted by Crippen LogP contribution is 2.40. The number of aryl methyl sites for hydroxylation is 1. The van der Waals surface area contributed by atoms with Crippen molar-refractivity contribution in [2.75, 3.05) is 18.0 Å². The Morgan fingerprint density at radius 1 is 1.26 bits per heavy atom. The van der Waals surface area contributed by atoms with E-state index in [0.717, 1.165) is 57.0 Å². The van der Waals surface area contributed by atoms with Crippen molar-refractivity contribution in [3.63, 3.8) is 0 Å². The van der Waals surface area contributed by atoms with Gasteiger partial charge >= 0.3 is 0 Å². The summed E-state index contributed by atoms with van der Waals surface area (Å²) in [7, 11) is 1.94. The van der Waals surface area contributed by atoms with Crippen LogP contribution in [0.4, 0.5) is 5.95 Å². The number of rotatable bonds is 4. The van der Waals surface area contributed by atoms with Gasteiger partial charge in [0, 0.05) is 56.2 Å². The summed E-state index contributed by atoms with van der Waals surface area (Å²) in [5.74, 6) is 0.810. The molecule has 27 heavy (non-hydrogen) atoms. The molecule has 0 saturated carbocycles. The third-order valence-electron chi connectivity index (χ3n) is 5.72. The lowest BCUT2D eigenvalue weighted by atomic mass is 9.74. The van der Waals surface area contributed by atoms with Crippen LogP contribution in [0.5, 0.6) is 0 Å². The summed E-state index contributed by atoms with van der Waals surface area (Å²) in [5.41, 5.74) is 3.76. The Morgan fingerprint density at radius 3 is 2.74 bits per heavy atom. The number of anilines is 1. The maximum Gasteiger partial charge on any atom is 0.225 e. The lowest BCUT2D eigenvalue weighted by molar-refractivity contribution is 0.145. The van der Waals surface area contributed by atoms with E-state index in [1.54, 1.807) is 0 Å². The van der Waals surface area contributed by atoms with Gasteiger partial charge in [0.15, 0.2) is 0 Å². The minimum atomic E-state index is -0.182. The van der Waals surface area contributed by atoms with E-state index in [1.807, 2.05) is 30.3 Å². The van der Waals surface area contributed by atoms with Crippen molar-refractivity contribution < 1.29 is 5.11 Å². The average molecular weight is 371 g/mol. The molecule has 2 aromatic rings. The molecular formula is C20H30N6O. The molecule has 1 saturated heterocycles. The zero-order chi connectivity index (χ0) is 19.0. The van der Waals surface area contributed by atoms with Crippen LogP contribution in [0.25, 0.3) is 0 Å². The minimum absolute atomic E-state index is 0.182. The summed E-state index contributed by atoms with van der Waals surface area (Å²) < 4.78 is 1.83. The molecule has 1 aliphatic heterocycles. The number of nitrogens with zero attached hydrogens (tertiary/aromatic N) is 5. The number of aromatic nitrogens is 4. The zero-order valence-corrected chi connectivity index (χ0v) is 16.5. The molecule has 2 N–H and O–H groups in total. The molecule has 7 nitrogen and oxygen atoms in total. The minimum Gasteiger partial charge on any atom is -0.393 e. The molecule has 0 bridgehead atoms. The zero-order valence-electron chi connectivity index (χ0n) is 16.5. The summed E-state index contributed by atoms with van der Waals surface area (Å²) in [6.07, 6.45) is 9.41. The van der Waals surface area contributed by atoms with Gasteiger partial charge in [-0.1, -0.05) is 13.8 Å². The van der Waals surface area contributed by atoms with E-state index in [2.05, 4.69) is 34.1 Å².